The predicted octanol–water partition coefficient (Wildman–Crippen LogP) is 5.69. The van der Waals surface area contributed by atoms with Crippen LogP contribution in [0.4, 0.5) is 10.5 Å². The Kier molecular flexibility index (Phi) is 6.11. The van der Waals surface area contributed by atoms with Crippen LogP contribution >= 0.6 is 27.7 Å². The summed E-state index contributed by atoms with van der Waals surface area (Å²) in [6, 6.07) is 18.3. The molecule has 0 radical (unpaired) electrons. The number of rotatable bonds is 5. The van der Waals surface area contributed by atoms with Crippen molar-refractivity contribution in [2.24, 2.45) is 0 Å². The van der Waals surface area contributed by atoms with Gasteiger partial charge in [-0.3, -0.25) is 19.3 Å². The van der Waals surface area contributed by atoms with E-state index in [-0.39, 0.29) is 11.4 Å². The SMILES string of the molecule is Cc1ccc(-c2ccc(/C=C3\SC(=O)N(CC(=O)Nc4ccccc4)C3=O)o2)c(Br)c1. The first-order valence-electron chi connectivity index (χ1n) is 9.37. The quantitative estimate of drug-likeness (QED) is 0.458. The van der Waals surface area contributed by atoms with Gasteiger partial charge in [-0.05, 0) is 60.6 Å². The number of imide groups is 1. The number of hydrogen-bond acceptors (Lipinski definition) is 5. The number of amides is 3. The molecule has 1 aliphatic heterocycles. The minimum atomic E-state index is -0.521. The largest absolute Gasteiger partial charge is 0.457 e. The van der Waals surface area contributed by atoms with Gasteiger partial charge in [-0.25, -0.2) is 0 Å². The maximum absolute atomic E-state index is 12.7. The summed E-state index contributed by atoms with van der Waals surface area (Å²) in [6.45, 7) is 1.65. The van der Waals surface area contributed by atoms with Gasteiger partial charge in [-0.1, -0.05) is 40.2 Å². The Morgan fingerprint density at radius 2 is 1.90 bits per heavy atom. The van der Waals surface area contributed by atoms with Gasteiger partial charge in [0.05, 0.1) is 4.91 Å². The lowest BCUT2D eigenvalue weighted by atomic mass is 10.1. The lowest BCUT2D eigenvalue weighted by Crippen LogP contribution is -2.36. The fraction of sp³-hybridized carbons (Fsp3) is 0.0870. The minimum absolute atomic E-state index is 0.210. The molecule has 1 aromatic heterocycles. The Balaban J connectivity index is 1.47. The zero-order valence-electron chi connectivity index (χ0n) is 16.4. The molecule has 1 N–H and O–H groups in total. The summed E-state index contributed by atoms with van der Waals surface area (Å²) < 4.78 is 6.75. The number of nitrogens with one attached hydrogen (secondary N) is 1. The van der Waals surface area contributed by atoms with Crippen LogP contribution in [0.15, 0.2) is 74.5 Å². The molecule has 31 heavy (non-hydrogen) atoms. The molecule has 1 fully saturated rings. The van der Waals surface area contributed by atoms with Crippen LogP contribution in [0.25, 0.3) is 17.4 Å². The van der Waals surface area contributed by atoms with Crippen LogP contribution in [0.1, 0.15) is 11.3 Å². The third-order valence-corrected chi connectivity index (χ3v) is 6.09. The molecule has 6 nitrogen and oxygen atoms in total. The Morgan fingerprint density at radius 1 is 1.13 bits per heavy atom. The van der Waals surface area contributed by atoms with Crippen LogP contribution in [-0.2, 0) is 9.59 Å². The molecule has 1 aliphatic rings. The summed E-state index contributed by atoms with van der Waals surface area (Å²) in [5.74, 6) is 0.119. The maximum Gasteiger partial charge on any atom is 0.294 e. The van der Waals surface area contributed by atoms with Gasteiger partial charge in [-0.2, -0.15) is 0 Å². The van der Waals surface area contributed by atoms with Crippen LogP contribution in [0, 0.1) is 6.92 Å². The number of para-hydroxylation sites is 1. The van der Waals surface area contributed by atoms with Gasteiger partial charge in [0.25, 0.3) is 11.1 Å². The second-order valence-corrected chi connectivity index (χ2v) is 8.71. The van der Waals surface area contributed by atoms with Crippen molar-refractivity contribution >= 4 is 56.5 Å². The van der Waals surface area contributed by atoms with Crippen LogP contribution < -0.4 is 5.32 Å². The Hall–Kier alpha value is -3.10. The molecule has 156 valence electrons. The molecule has 0 unspecified atom stereocenters. The fourth-order valence-electron chi connectivity index (χ4n) is 3.03. The van der Waals surface area contributed by atoms with Crippen molar-refractivity contribution in [3.05, 3.63) is 81.4 Å². The van der Waals surface area contributed by atoms with Crippen LogP contribution in [-0.4, -0.2) is 28.5 Å². The summed E-state index contributed by atoms with van der Waals surface area (Å²) in [7, 11) is 0. The predicted molar refractivity (Wildman–Crippen MR) is 124 cm³/mol. The van der Waals surface area contributed by atoms with E-state index >= 15 is 0 Å². The van der Waals surface area contributed by atoms with E-state index in [2.05, 4.69) is 21.2 Å². The van der Waals surface area contributed by atoms with E-state index < -0.39 is 17.1 Å². The smallest absolute Gasteiger partial charge is 0.294 e. The van der Waals surface area contributed by atoms with E-state index in [1.54, 1.807) is 36.4 Å². The van der Waals surface area contributed by atoms with Crippen molar-refractivity contribution in [1.29, 1.82) is 0 Å². The van der Waals surface area contributed by atoms with Gasteiger partial charge >= 0.3 is 0 Å². The molecule has 0 spiro atoms. The lowest BCUT2D eigenvalue weighted by Gasteiger charge is -2.12. The molecule has 0 aliphatic carbocycles. The van der Waals surface area contributed by atoms with Crippen LogP contribution in [0.5, 0.6) is 0 Å². The van der Waals surface area contributed by atoms with Gasteiger partial charge in [0.2, 0.25) is 5.91 Å². The highest BCUT2D eigenvalue weighted by Gasteiger charge is 2.36. The molecule has 0 saturated carbocycles. The van der Waals surface area contributed by atoms with E-state index in [0.29, 0.717) is 17.2 Å². The highest BCUT2D eigenvalue weighted by atomic mass is 79.9. The lowest BCUT2D eigenvalue weighted by molar-refractivity contribution is -0.127. The summed E-state index contributed by atoms with van der Waals surface area (Å²) in [5.41, 5.74) is 2.60. The summed E-state index contributed by atoms with van der Waals surface area (Å²) >= 11 is 4.31. The molecule has 3 amide bonds. The van der Waals surface area contributed by atoms with Crippen molar-refractivity contribution in [1.82, 2.24) is 4.90 Å². The van der Waals surface area contributed by atoms with Gasteiger partial charge < -0.3 is 9.73 Å². The number of anilines is 1. The third kappa shape index (κ3) is 4.81. The average molecular weight is 497 g/mol. The second kappa shape index (κ2) is 8.95. The first kappa shape index (κ1) is 21.1. The van der Waals surface area contributed by atoms with E-state index in [1.165, 1.54) is 6.08 Å². The first-order chi connectivity index (χ1) is 14.9. The van der Waals surface area contributed by atoms with Crippen molar-refractivity contribution < 1.29 is 18.8 Å². The summed E-state index contributed by atoms with van der Waals surface area (Å²) in [6.07, 6.45) is 1.52. The zero-order chi connectivity index (χ0) is 22.0. The molecule has 4 rings (SSSR count). The minimum Gasteiger partial charge on any atom is -0.457 e. The van der Waals surface area contributed by atoms with Crippen LogP contribution in [0.3, 0.4) is 0 Å². The Labute approximate surface area is 191 Å². The van der Waals surface area contributed by atoms with E-state index in [4.69, 9.17) is 4.42 Å². The number of hydrogen-bond donors (Lipinski definition) is 1. The Bertz CT molecular complexity index is 1200. The van der Waals surface area contributed by atoms with E-state index in [9.17, 15) is 14.4 Å². The molecule has 1 saturated heterocycles. The number of thioether (sulfide) groups is 1. The average Bonchev–Trinajstić information content (AvgIpc) is 3.29. The highest BCUT2D eigenvalue weighted by Crippen LogP contribution is 2.34. The molecular weight excluding hydrogens is 480 g/mol. The highest BCUT2D eigenvalue weighted by molar-refractivity contribution is 9.10. The third-order valence-electron chi connectivity index (χ3n) is 4.52. The molecule has 2 aromatic carbocycles. The molecule has 0 atom stereocenters. The number of aryl methyl sites for hydroxylation is 1. The molecule has 8 heteroatoms. The number of carbonyl (C=O) groups is 3. The normalized spacial score (nSPS) is 15.0. The molecule has 3 aromatic rings. The van der Waals surface area contributed by atoms with Gasteiger partial charge in [0.1, 0.15) is 18.1 Å². The second-order valence-electron chi connectivity index (χ2n) is 6.87. The number of benzene rings is 2. The number of halogens is 1. The van der Waals surface area contributed by atoms with Crippen LogP contribution in [0.2, 0.25) is 0 Å². The molecular formula is C23H17BrN2O4S. The molecule has 2 heterocycles. The first-order valence-corrected chi connectivity index (χ1v) is 11.0. The zero-order valence-corrected chi connectivity index (χ0v) is 18.8. The van der Waals surface area contributed by atoms with Crippen molar-refractivity contribution in [3.8, 4) is 11.3 Å². The summed E-state index contributed by atoms with van der Waals surface area (Å²) in [5, 5.41) is 2.18. The summed E-state index contributed by atoms with van der Waals surface area (Å²) in [4.78, 5) is 38.3. The standard InChI is InChI=1S/C23H17BrN2O4S/c1-14-7-9-17(18(24)11-14)19-10-8-16(30-19)12-20-22(28)26(23(29)31-20)13-21(27)25-15-5-3-2-4-6-15/h2-12H,13H2,1H3,(H,25,27)/b20-12-. The van der Waals surface area contributed by atoms with Crippen molar-refractivity contribution in [2.75, 3.05) is 11.9 Å². The molecule has 0 bridgehead atoms. The van der Waals surface area contributed by atoms with E-state index in [1.807, 2.05) is 31.2 Å². The monoisotopic (exact) mass is 496 g/mol. The number of carbonyl (C=O) groups excluding carboxylic acids is 3. The topological polar surface area (TPSA) is 79.6 Å². The van der Waals surface area contributed by atoms with Crippen molar-refractivity contribution in [2.45, 2.75) is 6.92 Å². The van der Waals surface area contributed by atoms with E-state index in [0.717, 1.165) is 32.3 Å². The van der Waals surface area contributed by atoms with Crippen molar-refractivity contribution in [3.63, 3.8) is 0 Å². The Morgan fingerprint density at radius 3 is 2.65 bits per heavy atom. The number of furan rings is 1. The van der Waals surface area contributed by atoms with Gasteiger partial charge in [-0.15, -0.1) is 0 Å². The maximum atomic E-state index is 12.7. The van der Waals surface area contributed by atoms with Gasteiger partial charge in [0, 0.05) is 21.8 Å². The van der Waals surface area contributed by atoms with Gasteiger partial charge in [0.15, 0.2) is 0 Å². The number of nitrogens with zero attached hydrogens (tertiary/aromatic N) is 1. The fourth-order valence-corrected chi connectivity index (χ4v) is 4.53.